The first-order valence-electron chi connectivity index (χ1n) is 9.92. The second kappa shape index (κ2) is 8.10. The zero-order valence-corrected chi connectivity index (χ0v) is 23.8. The van der Waals surface area contributed by atoms with Crippen LogP contribution in [0.25, 0.3) is 0 Å². The van der Waals surface area contributed by atoms with Crippen molar-refractivity contribution < 1.29 is 18.0 Å². The molecule has 0 spiro atoms. The molecule has 1 aromatic heterocycles. The van der Waals surface area contributed by atoms with Crippen LogP contribution < -0.4 is 4.39 Å². The zero-order chi connectivity index (χ0) is 23.3. The summed E-state index contributed by atoms with van der Waals surface area (Å²) in [6, 6.07) is 0. The summed E-state index contributed by atoms with van der Waals surface area (Å²) in [5.74, 6) is 0. The monoisotopic (exact) mass is 480 g/mol. The summed E-state index contributed by atoms with van der Waals surface area (Å²) in [4.78, 5) is 4.96. The van der Waals surface area contributed by atoms with Gasteiger partial charge in [0.2, 0.25) is 4.34 Å². The molecule has 0 amide bonds. The third-order valence-electron chi connectivity index (χ3n) is 6.10. The van der Waals surface area contributed by atoms with Crippen molar-refractivity contribution in [3.8, 4) is 0 Å². The molecule has 6 nitrogen and oxygen atoms in total. The van der Waals surface area contributed by atoms with E-state index in [1.807, 2.05) is 33.9 Å². The maximum absolute atomic E-state index is 13.1. The van der Waals surface area contributed by atoms with Gasteiger partial charge in [0.05, 0.1) is 22.8 Å². The minimum atomic E-state index is -3.78. The molecule has 0 saturated heterocycles. The van der Waals surface area contributed by atoms with Gasteiger partial charge in [-0.15, -0.1) is 11.3 Å². The standard InChI is InChI=1S/C19H40N2O4S2Si2/c1-17(2,3)28(9,10)21-27(23,24)16-20-14(15(26-16)19(7,8)22)13-25-29(11,12)18(4,5)6/h21-22H,13H2,1-12H3. The predicted octanol–water partition coefficient (Wildman–Crippen LogP) is 5.18. The number of rotatable bonds is 7. The highest BCUT2D eigenvalue weighted by molar-refractivity contribution is 7.92. The lowest BCUT2D eigenvalue weighted by atomic mass is 10.1. The van der Waals surface area contributed by atoms with E-state index in [9.17, 15) is 13.5 Å². The molecule has 1 heterocycles. The quantitative estimate of drug-likeness (QED) is 0.525. The molecule has 0 aliphatic rings. The average molecular weight is 481 g/mol. The number of hydrogen-bond acceptors (Lipinski definition) is 6. The highest BCUT2D eigenvalue weighted by atomic mass is 32.2. The fourth-order valence-corrected chi connectivity index (χ4v) is 9.31. The van der Waals surface area contributed by atoms with E-state index in [0.29, 0.717) is 10.6 Å². The van der Waals surface area contributed by atoms with Gasteiger partial charge in [-0.05, 0) is 37.0 Å². The van der Waals surface area contributed by atoms with Crippen LogP contribution in [-0.2, 0) is 26.7 Å². The molecule has 0 saturated carbocycles. The molecule has 0 unspecified atom stereocenters. The summed E-state index contributed by atoms with van der Waals surface area (Å²) >= 11 is 1.03. The van der Waals surface area contributed by atoms with Crippen molar-refractivity contribution in [2.75, 3.05) is 0 Å². The van der Waals surface area contributed by atoms with Crippen molar-refractivity contribution in [3.63, 3.8) is 0 Å². The van der Waals surface area contributed by atoms with Gasteiger partial charge in [-0.2, -0.15) is 0 Å². The van der Waals surface area contributed by atoms with Crippen molar-refractivity contribution >= 4 is 37.9 Å². The van der Waals surface area contributed by atoms with E-state index in [2.05, 4.69) is 43.2 Å². The Morgan fingerprint density at radius 1 is 1.00 bits per heavy atom. The molecule has 0 atom stereocenters. The Kier molecular flexibility index (Phi) is 7.53. The van der Waals surface area contributed by atoms with Gasteiger partial charge >= 0.3 is 0 Å². The Bertz CT molecular complexity index is 828. The van der Waals surface area contributed by atoms with Crippen LogP contribution in [0.5, 0.6) is 0 Å². The molecule has 2 N–H and O–H groups in total. The number of aliphatic hydroxyl groups is 1. The van der Waals surface area contributed by atoms with Crippen molar-refractivity contribution in [3.05, 3.63) is 10.6 Å². The molecule has 0 fully saturated rings. The van der Waals surface area contributed by atoms with Crippen LogP contribution in [0, 0.1) is 0 Å². The Morgan fingerprint density at radius 3 is 1.86 bits per heavy atom. The van der Waals surface area contributed by atoms with Crippen LogP contribution in [0.1, 0.15) is 66.0 Å². The van der Waals surface area contributed by atoms with Gasteiger partial charge in [-0.3, -0.25) is 0 Å². The van der Waals surface area contributed by atoms with Crippen LogP contribution in [0.15, 0.2) is 4.34 Å². The molecule has 170 valence electrons. The van der Waals surface area contributed by atoms with E-state index in [1.54, 1.807) is 13.8 Å². The molecule has 1 aromatic rings. The van der Waals surface area contributed by atoms with E-state index in [0.717, 1.165) is 11.3 Å². The summed E-state index contributed by atoms with van der Waals surface area (Å²) in [7, 11) is -8.13. The highest BCUT2D eigenvalue weighted by Crippen LogP contribution is 2.39. The van der Waals surface area contributed by atoms with E-state index in [4.69, 9.17) is 4.43 Å². The fraction of sp³-hybridized carbons (Fsp3) is 0.842. The van der Waals surface area contributed by atoms with Gasteiger partial charge < -0.3 is 9.53 Å². The van der Waals surface area contributed by atoms with Gasteiger partial charge in [0.25, 0.3) is 10.0 Å². The summed E-state index contributed by atoms with van der Waals surface area (Å²) < 4.78 is 35.4. The van der Waals surface area contributed by atoms with Crippen LogP contribution in [0.3, 0.4) is 0 Å². The fourth-order valence-electron chi connectivity index (χ4n) is 2.02. The molecular weight excluding hydrogens is 441 g/mol. The SMILES string of the molecule is CC(C)(O)c1sc(S(=O)(=O)N[Si](C)(C)C(C)(C)C)nc1CO[Si](C)(C)C(C)(C)C. The molecular formula is C19H40N2O4S2Si2. The smallest absolute Gasteiger partial charge is 0.261 e. The molecule has 10 heteroatoms. The van der Waals surface area contributed by atoms with Crippen LogP contribution in [-0.4, -0.2) is 35.1 Å². The Labute approximate surface area is 183 Å². The summed E-state index contributed by atoms with van der Waals surface area (Å²) in [6.45, 7) is 24.3. The lowest BCUT2D eigenvalue weighted by Gasteiger charge is -2.36. The number of hydrogen-bond donors (Lipinski definition) is 2. The van der Waals surface area contributed by atoms with Gasteiger partial charge in [0, 0.05) is 0 Å². The molecule has 0 aliphatic heterocycles. The summed E-state index contributed by atoms with van der Waals surface area (Å²) in [6.07, 6.45) is 0. The molecule has 0 aliphatic carbocycles. The van der Waals surface area contributed by atoms with Gasteiger partial charge in [0.15, 0.2) is 8.32 Å². The van der Waals surface area contributed by atoms with E-state index >= 15 is 0 Å². The summed E-state index contributed by atoms with van der Waals surface area (Å²) in [5, 5.41) is 10.5. The Morgan fingerprint density at radius 2 is 1.48 bits per heavy atom. The van der Waals surface area contributed by atoms with Crippen molar-refractivity contribution in [1.29, 1.82) is 0 Å². The first-order valence-corrected chi connectivity index (χ1v) is 18.1. The zero-order valence-electron chi connectivity index (χ0n) is 20.1. The molecule has 0 bridgehead atoms. The van der Waals surface area contributed by atoms with E-state index in [1.165, 1.54) is 0 Å². The van der Waals surface area contributed by atoms with Crippen LogP contribution >= 0.6 is 11.3 Å². The lowest BCUT2D eigenvalue weighted by molar-refractivity contribution is 0.0798. The highest BCUT2D eigenvalue weighted by Gasteiger charge is 2.42. The van der Waals surface area contributed by atoms with E-state index in [-0.39, 0.29) is 21.0 Å². The number of nitrogens with zero attached hydrogens (tertiary/aromatic N) is 1. The van der Waals surface area contributed by atoms with Crippen molar-refractivity contribution in [2.24, 2.45) is 0 Å². The van der Waals surface area contributed by atoms with Gasteiger partial charge in [-0.1, -0.05) is 54.6 Å². The Balaban J connectivity index is 3.33. The first kappa shape index (κ1) is 26.9. The molecule has 0 radical (unpaired) electrons. The second-order valence-electron chi connectivity index (χ2n) is 11.3. The normalized spacial score (nSPS) is 15.1. The lowest BCUT2D eigenvalue weighted by Crippen LogP contribution is -2.54. The maximum atomic E-state index is 13.1. The number of thiazole rings is 1. The van der Waals surface area contributed by atoms with Gasteiger partial charge in [0.1, 0.15) is 8.24 Å². The van der Waals surface area contributed by atoms with Gasteiger partial charge in [-0.25, -0.2) is 17.8 Å². The van der Waals surface area contributed by atoms with Crippen LogP contribution in [0.4, 0.5) is 0 Å². The minimum Gasteiger partial charge on any atom is -0.411 e. The maximum Gasteiger partial charge on any atom is 0.261 e. The average Bonchev–Trinajstić information content (AvgIpc) is 2.86. The minimum absolute atomic E-state index is 0.00622. The molecule has 29 heavy (non-hydrogen) atoms. The predicted molar refractivity (Wildman–Crippen MR) is 127 cm³/mol. The Hall–Kier alpha value is -0.106. The number of aromatic nitrogens is 1. The molecule has 1 rings (SSSR count). The number of nitrogens with one attached hydrogen (secondary N) is 1. The molecule has 0 aromatic carbocycles. The topological polar surface area (TPSA) is 88.5 Å². The third-order valence-corrected chi connectivity index (χ3v) is 20.1. The van der Waals surface area contributed by atoms with E-state index < -0.39 is 32.2 Å². The largest absolute Gasteiger partial charge is 0.411 e. The summed E-state index contributed by atoms with van der Waals surface area (Å²) in [5.41, 5.74) is -0.697. The van der Waals surface area contributed by atoms with Crippen molar-refractivity contribution in [1.82, 2.24) is 9.37 Å². The second-order valence-corrected chi connectivity index (χ2v) is 24.4. The van der Waals surface area contributed by atoms with Crippen LogP contribution in [0.2, 0.25) is 36.3 Å². The number of sulfonamides is 1. The first-order chi connectivity index (χ1) is 12.5. The third kappa shape index (κ3) is 6.44. The van der Waals surface area contributed by atoms with Crippen molar-refractivity contribution in [2.45, 2.75) is 108 Å².